The zero-order valence-electron chi connectivity index (χ0n) is 8.16. The van der Waals surface area contributed by atoms with Gasteiger partial charge in [-0.2, -0.15) is 13.2 Å². The monoisotopic (exact) mass is 207 g/mol. The molecule has 0 aliphatic rings. The Balaban J connectivity index is 3.24. The van der Waals surface area contributed by atoms with Crippen LogP contribution in [0.3, 0.4) is 0 Å². The number of unbranched alkanes of at least 4 members (excludes halogenated alkanes) is 2. The minimum atomic E-state index is -4.35. The van der Waals surface area contributed by atoms with E-state index >= 15 is 0 Å². The Morgan fingerprint density at radius 3 is 2.57 bits per heavy atom. The molecule has 0 aromatic rings. The van der Waals surface area contributed by atoms with Crippen molar-refractivity contribution < 1.29 is 17.9 Å². The quantitative estimate of drug-likeness (QED) is 0.479. The van der Waals surface area contributed by atoms with Gasteiger partial charge in [0.2, 0.25) is 0 Å². The fraction of sp³-hybridized carbons (Fsp3) is 0.700. The third-order valence-corrected chi connectivity index (χ3v) is 1.33. The van der Waals surface area contributed by atoms with E-state index in [0.717, 1.165) is 12.8 Å². The van der Waals surface area contributed by atoms with Crippen LogP contribution in [0.2, 0.25) is 0 Å². The molecule has 0 bridgehead atoms. The van der Waals surface area contributed by atoms with E-state index in [1.54, 1.807) is 6.61 Å². The van der Waals surface area contributed by atoms with Gasteiger partial charge in [0.25, 0.3) is 0 Å². The van der Waals surface area contributed by atoms with Gasteiger partial charge >= 0.3 is 6.18 Å². The van der Waals surface area contributed by atoms with Crippen LogP contribution in [0.5, 0.6) is 0 Å². The Kier molecular flexibility index (Phi) is 7.31. The molecule has 0 aliphatic heterocycles. The molecule has 0 heterocycles. The first-order valence-corrected chi connectivity index (χ1v) is 4.56. The largest absolute Gasteiger partial charge is 0.457 e. The molecule has 0 rings (SSSR count). The highest BCUT2D eigenvalue weighted by atomic mass is 19.4. The average Bonchev–Trinajstić information content (AvgIpc) is 2.08. The molecule has 4 heteroatoms. The Labute approximate surface area is 82.6 Å². The summed E-state index contributed by atoms with van der Waals surface area (Å²) in [5, 5.41) is 0. The lowest BCUT2D eigenvalue weighted by Gasteiger charge is -1.99. The number of halogens is 3. The molecule has 1 nitrogen and oxygen atoms in total. The molecule has 0 aromatic heterocycles. The van der Waals surface area contributed by atoms with Crippen LogP contribution < -0.4 is 0 Å². The smallest absolute Gasteiger partial charge is 0.376 e. The van der Waals surface area contributed by atoms with Crippen molar-refractivity contribution in [3.05, 3.63) is 6.61 Å². The van der Waals surface area contributed by atoms with Crippen LogP contribution in [-0.4, -0.2) is 12.8 Å². The molecule has 0 aromatic carbocycles. The molecular weight excluding hydrogens is 193 g/mol. The lowest BCUT2D eigenvalue weighted by molar-refractivity contribution is -0.0697. The maximum Gasteiger partial charge on any atom is 0.457 e. The Morgan fingerprint density at radius 2 is 2.00 bits per heavy atom. The van der Waals surface area contributed by atoms with Gasteiger partial charge in [0.15, 0.2) is 0 Å². The van der Waals surface area contributed by atoms with E-state index in [1.807, 2.05) is 6.92 Å². The fourth-order valence-electron chi connectivity index (χ4n) is 0.763. The minimum Gasteiger partial charge on any atom is -0.376 e. The molecule has 0 saturated heterocycles. The summed E-state index contributed by atoms with van der Waals surface area (Å²) in [7, 11) is 0. The van der Waals surface area contributed by atoms with E-state index in [1.165, 1.54) is 5.92 Å². The molecule has 0 aliphatic carbocycles. The fourth-order valence-corrected chi connectivity index (χ4v) is 0.763. The molecule has 0 spiro atoms. The number of hydrogen-bond donors (Lipinski definition) is 0. The molecule has 0 fully saturated rings. The zero-order chi connectivity index (χ0) is 10.9. The van der Waals surface area contributed by atoms with Crippen molar-refractivity contribution in [1.82, 2.24) is 0 Å². The molecule has 0 saturated carbocycles. The minimum absolute atomic E-state index is 0.273. The number of rotatable bonds is 6. The summed E-state index contributed by atoms with van der Waals surface area (Å²) in [4.78, 5) is 0. The second-order valence-electron chi connectivity index (χ2n) is 2.70. The first kappa shape index (κ1) is 13.3. The van der Waals surface area contributed by atoms with Gasteiger partial charge < -0.3 is 4.74 Å². The third-order valence-electron chi connectivity index (χ3n) is 1.33. The Bertz CT molecular complexity index is 188. The van der Waals surface area contributed by atoms with E-state index in [9.17, 15) is 13.2 Å². The van der Waals surface area contributed by atoms with E-state index < -0.39 is 6.18 Å². The van der Waals surface area contributed by atoms with Gasteiger partial charge in [-0.05, 0) is 19.3 Å². The lowest BCUT2D eigenvalue weighted by Crippen LogP contribution is -2.01. The van der Waals surface area contributed by atoms with Crippen LogP contribution >= 0.6 is 0 Å². The van der Waals surface area contributed by atoms with Crippen molar-refractivity contribution in [1.29, 1.82) is 0 Å². The topological polar surface area (TPSA) is 9.23 Å². The highest BCUT2D eigenvalue weighted by Gasteiger charge is 2.22. The van der Waals surface area contributed by atoms with Gasteiger partial charge in [0, 0.05) is 18.9 Å². The molecule has 1 radical (unpaired) electrons. The van der Waals surface area contributed by atoms with Gasteiger partial charge in [-0.1, -0.05) is 12.8 Å². The summed E-state index contributed by atoms with van der Waals surface area (Å²) in [5.74, 6) is 3.30. The molecule has 0 atom stereocenters. The first-order chi connectivity index (χ1) is 6.56. The molecule has 0 N–H and O–H groups in total. The second kappa shape index (κ2) is 7.69. The second-order valence-corrected chi connectivity index (χ2v) is 2.70. The van der Waals surface area contributed by atoms with Crippen LogP contribution in [0.1, 0.15) is 32.6 Å². The van der Waals surface area contributed by atoms with E-state index in [0.29, 0.717) is 13.0 Å². The summed E-state index contributed by atoms with van der Waals surface area (Å²) < 4.78 is 39.6. The third kappa shape index (κ3) is 11.3. The van der Waals surface area contributed by atoms with Crippen molar-refractivity contribution in [2.24, 2.45) is 0 Å². The average molecular weight is 207 g/mol. The SMILES string of the molecule is CC[CH]OCCCCC#CC(F)(F)F. The van der Waals surface area contributed by atoms with Gasteiger partial charge in [0.1, 0.15) is 0 Å². The Hall–Kier alpha value is -0.690. The number of hydrogen-bond acceptors (Lipinski definition) is 1. The van der Waals surface area contributed by atoms with Crippen LogP contribution in [0.15, 0.2) is 0 Å². The van der Waals surface area contributed by atoms with Crippen molar-refractivity contribution in [3.8, 4) is 11.8 Å². The summed E-state index contributed by atoms with van der Waals surface area (Å²) in [5.41, 5.74) is 0. The lowest BCUT2D eigenvalue weighted by atomic mass is 10.2. The Morgan fingerprint density at radius 1 is 1.29 bits per heavy atom. The number of ether oxygens (including phenoxy) is 1. The summed E-state index contributed by atoms with van der Waals surface area (Å²) in [6.45, 7) is 4.19. The van der Waals surface area contributed by atoms with Gasteiger partial charge in [-0.25, -0.2) is 0 Å². The zero-order valence-corrected chi connectivity index (χ0v) is 8.16. The van der Waals surface area contributed by atoms with E-state index in [2.05, 4.69) is 5.92 Å². The molecule has 0 unspecified atom stereocenters. The van der Waals surface area contributed by atoms with Crippen molar-refractivity contribution in [3.63, 3.8) is 0 Å². The summed E-state index contributed by atoms with van der Waals surface area (Å²) >= 11 is 0. The summed E-state index contributed by atoms with van der Waals surface area (Å²) in [6, 6.07) is 0. The van der Waals surface area contributed by atoms with E-state index in [4.69, 9.17) is 4.74 Å². The predicted molar refractivity (Wildman–Crippen MR) is 48.2 cm³/mol. The first-order valence-electron chi connectivity index (χ1n) is 4.56. The number of alkyl halides is 3. The highest BCUT2D eigenvalue weighted by Crippen LogP contribution is 2.12. The van der Waals surface area contributed by atoms with Crippen molar-refractivity contribution in [2.45, 2.75) is 38.8 Å². The van der Waals surface area contributed by atoms with Gasteiger partial charge in [-0.3, -0.25) is 0 Å². The maximum atomic E-state index is 11.5. The normalized spacial score (nSPS) is 10.9. The van der Waals surface area contributed by atoms with Crippen molar-refractivity contribution >= 4 is 0 Å². The highest BCUT2D eigenvalue weighted by molar-refractivity contribution is 5.04. The van der Waals surface area contributed by atoms with E-state index in [-0.39, 0.29) is 6.42 Å². The molecular formula is C10H14F3O. The molecule has 81 valence electrons. The van der Waals surface area contributed by atoms with Gasteiger partial charge in [-0.15, -0.1) is 0 Å². The van der Waals surface area contributed by atoms with Crippen LogP contribution in [-0.2, 0) is 4.74 Å². The standard InChI is InChI=1S/C10H14F3O/c1-2-8-14-9-6-4-3-5-7-10(11,12)13/h8H,2-4,6,9H2,1H3. The predicted octanol–water partition coefficient (Wildman–Crippen LogP) is 3.31. The maximum absolute atomic E-state index is 11.5. The van der Waals surface area contributed by atoms with Gasteiger partial charge in [0.05, 0.1) is 6.61 Å². The molecule has 0 amide bonds. The molecule has 14 heavy (non-hydrogen) atoms. The van der Waals surface area contributed by atoms with Crippen LogP contribution in [0, 0.1) is 18.4 Å². The van der Waals surface area contributed by atoms with Crippen molar-refractivity contribution in [2.75, 3.05) is 6.61 Å². The summed E-state index contributed by atoms with van der Waals surface area (Å²) in [6.07, 6.45) is -1.86. The van der Waals surface area contributed by atoms with Crippen LogP contribution in [0.25, 0.3) is 0 Å². The van der Waals surface area contributed by atoms with Crippen LogP contribution in [0.4, 0.5) is 13.2 Å².